The van der Waals surface area contributed by atoms with E-state index in [4.69, 9.17) is 0 Å². The first-order valence-corrected chi connectivity index (χ1v) is 10.3. The number of fused-ring (bicyclic) bond motifs is 1. The summed E-state index contributed by atoms with van der Waals surface area (Å²) in [4.78, 5) is 14.9. The molecule has 1 heterocycles. The highest BCUT2D eigenvalue weighted by Gasteiger charge is 2.32. The topological polar surface area (TPSA) is 54.5 Å². The third-order valence-electron chi connectivity index (χ3n) is 4.23. The Morgan fingerprint density at radius 1 is 1.22 bits per heavy atom. The van der Waals surface area contributed by atoms with Crippen LogP contribution in [0, 0.1) is 0 Å². The highest BCUT2D eigenvalue weighted by molar-refractivity contribution is 8.00. The zero-order valence-corrected chi connectivity index (χ0v) is 14.6. The van der Waals surface area contributed by atoms with Crippen molar-refractivity contribution in [2.24, 2.45) is 0 Å². The van der Waals surface area contributed by atoms with E-state index < -0.39 is 9.84 Å². The maximum Gasteiger partial charge on any atom is 0.232 e. The van der Waals surface area contributed by atoms with Crippen LogP contribution < -0.4 is 0 Å². The Balaban J connectivity index is 1.61. The third-order valence-corrected chi connectivity index (χ3v) is 6.96. The van der Waals surface area contributed by atoms with Gasteiger partial charge in [-0.05, 0) is 29.3 Å². The molecule has 0 N–H and O–H groups in total. The van der Waals surface area contributed by atoms with E-state index in [0.29, 0.717) is 12.2 Å². The van der Waals surface area contributed by atoms with E-state index in [2.05, 4.69) is 24.3 Å². The number of hydrogen-bond acceptors (Lipinski definition) is 4. The number of nitrogens with zero attached hydrogens (tertiary/aromatic N) is 1. The normalized spacial score (nSPS) is 19.8. The Bertz CT molecular complexity index is 833. The van der Waals surface area contributed by atoms with Gasteiger partial charge in [0.15, 0.2) is 9.84 Å². The standard InChI is InChI=1S/C17H19NO3S2/c1-18(15-8-9-23(20,21)12-15)17(19)11-22-16-7-6-13-4-2-3-5-14(13)10-16/h2-7,10,15H,8-9,11-12H2,1H3. The molecular weight excluding hydrogens is 330 g/mol. The number of carbonyl (C=O) groups is 1. The average Bonchev–Trinajstić information content (AvgIpc) is 2.91. The molecule has 1 fully saturated rings. The van der Waals surface area contributed by atoms with Gasteiger partial charge in [0.05, 0.1) is 17.3 Å². The number of hydrogen-bond donors (Lipinski definition) is 0. The second-order valence-electron chi connectivity index (χ2n) is 5.86. The molecule has 1 aliphatic heterocycles. The number of rotatable bonds is 4. The van der Waals surface area contributed by atoms with Gasteiger partial charge in [0.25, 0.3) is 0 Å². The number of benzene rings is 2. The van der Waals surface area contributed by atoms with Gasteiger partial charge in [-0.1, -0.05) is 30.3 Å². The molecule has 0 radical (unpaired) electrons. The summed E-state index contributed by atoms with van der Waals surface area (Å²) in [6, 6.07) is 14.1. The van der Waals surface area contributed by atoms with Crippen molar-refractivity contribution in [3.63, 3.8) is 0 Å². The molecule has 1 aliphatic rings. The van der Waals surface area contributed by atoms with E-state index in [-0.39, 0.29) is 23.5 Å². The van der Waals surface area contributed by atoms with Crippen LogP contribution in [0.1, 0.15) is 6.42 Å². The quantitative estimate of drug-likeness (QED) is 0.796. The molecule has 1 unspecified atom stereocenters. The van der Waals surface area contributed by atoms with Crippen molar-refractivity contribution in [3.8, 4) is 0 Å². The van der Waals surface area contributed by atoms with Crippen LogP contribution in [0.5, 0.6) is 0 Å². The molecule has 0 aliphatic carbocycles. The molecule has 0 spiro atoms. The van der Waals surface area contributed by atoms with Crippen molar-refractivity contribution < 1.29 is 13.2 Å². The van der Waals surface area contributed by atoms with Crippen LogP contribution in [-0.2, 0) is 14.6 Å². The van der Waals surface area contributed by atoms with Crippen molar-refractivity contribution in [1.82, 2.24) is 4.90 Å². The minimum atomic E-state index is -2.97. The third kappa shape index (κ3) is 3.87. The number of thioether (sulfide) groups is 1. The largest absolute Gasteiger partial charge is 0.341 e. The van der Waals surface area contributed by atoms with Crippen molar-refractivity contribution in [3.05, 3.63) is 42.5 Å². The first kappa shape index (κ1) is 16.3. The van der Waals surface area contributed by atoms with E-state index in [9.17, 15) is 13.2 Å². The van der Waals surface area contributed by atoms with Gasteiger partial charge in [-0.15, -0.1) is 11.8 Å². The molecular formula is C17H19NO3S2. The van der Waals surface area contributed by atoms with E-state index in [1.54, 1.807) is 11.9 Å². The van der Waals surface area contributed by atoms with Crippen molar-refractivity contribution in [1.29, 1.82) is 0 Å². The minimum Gasteiger partial charge on any atom is -0.341 e. The summed E-state index contributed by atoms with van der Waals surface area (Å²) in [6.07, 6.45) is 0.547. The van der Waals surface area contributed by atoms with Gasteiger partial charge in [0, 0.05) is 18.0 Å². The number of sulfone groups is 1. The molecule has 2 aromatic carbocycles. The fraction of sp³-hybridized carbons (Fsp3) is 0.353. The molecule has 2 aromatic rings. The van der Waals surface area contributed by atoms with Crippen LogP contribution in [0.15, 0.2) is 47.4 Å². The maximum atomic E-state index is 12.3. The van der Waals surface area contributed by atoms with E-state index in [1.165, 1.54) is 17.1 Å². The Hall–Kier alpha value is -1.53. The number of carbonyl (C=O) groups excluding carboxylic acids is 1. The fourth-order valence-corrected chi connectivity index (χ4v) is 5.43. The smallest absolute Gasteiger partial charge is 0.232 e. The molecule has 23 heavy (non-hydrogen) atoms. The zero-order chi connectivity index (χ0) is 16.4. The Morgan fingerprint density at radius 2 is 1.96 bits per heavy atom. The summed E-state index contributed by atoms with van der Waals surface area (Å²) in [5.41, 5.74) is 0. The Labute approximate surface area is 140 Å². The van der Waals surface area contributed by atoms with Crippen molar-refractivity contribution >= 4 is 38.3 Å². The van der Waals surface area contributed by atoms with Crippen LogP contribution in [0.4, 0.5) is 0 Å². The van der Waals surface area contributed by atoms with E-state index >= 15 is 0 Å². The fourth-order valence-electron chi connectivity index (χ4n) is 2.79. The van der Waals surface area contributed by atoms with Gasteiger partial charge >= 0.3 is 0 Å². The maximum absolute atomic E-state index is 12.3. The second-order valence-corrected chi connectivity index (χ2v) is 9.14. The monoisotopic (exact) mass is 349 g/mol. The lowest BCUT2D eigenvalue weighted by molar-refractivity contribution is -0.128. The molecule has 122 valence electrons. The summed E-state index contributed by atoms with van der Waals surface area (Å²) in [5, 5.41) is 2.33. The molecule has 6 heteroatoms. The van der Waals surface area contributed by atoms with Gasteiger partial charge in [0.1, 0.15) is 0 Å². The zero-order valence-electron chi connectivity index (χ0n) is 12.9. The van der Waals surface area contributed by atoms with Crippen LogP contribution in [0.25, 0.3) is 10.8 Å². The summed E-state index contributed by atoms with van der Waals surface area (Å²) >= 11 is 1.49. The Kier molecular flexibility index (Phi) is 4.64. The minimum absolute atomic E-state index is 0.0229. The van der Waals surface area contributed by atoms with Gasteiger partial charge < -0.3 is 4.90 Å². The van der Waals surface area contributed by atoms with Gasteiger partial charge in [-0.25, -0.2) is 8.42 Å². The lowest BCUT2D eigenvalue weighted by atomic mass is 10.1. The lowest BCUT2D eigenvalue weighted by Crippen LogP contribution is -2.38. The molecule has 3 rings (SSSR count). The first-order valence-electron chi connectivity index (χ1n) is 7.52. The Morgan fingerprint density at radius 3 is 2.65 bits per heavy atom. The summed E-state index contributed by atoms with van der Waals surface area (Å²) in [5.74, 6) is 0.583. The predicted molar refractivity (Wildman–Crippen MR) is 94.5 cm³/mol. The predicted octanol–water partition coefficient (Wildman–Crippen LogP) is 2.58. The highest BCUT2D eigenvalue weighted by Crippen LogP contribution is 2.24. The van der Waals surface area contributed by atoms with E-state index in [0.717, 1.165) is 10.3 Å². The lowest BCUT2D eigenvalue weighted by Gasteiger charge is -2.23. The highest BCUT2D eigenvalue weighted by atomic mass is 32.2. The summed E-state index contributed by atoms with van der Waals surface area (Å²) in [7, 11) is -1.26. The van der Waals surface area contributed by atoms with Gasteiger partial charge in [0.2, 0.25) is 5.91 Å². The van der Waals surface area contributed by atoms with Crippen LogP contribution in [0.3, 0.4) is 0 Å². The first-order chi connectivity index (χ1) is 10.9. The van der Waals surface area contributed by atoms with Crippen LogP contribution >= 0.6 is 11.8 Å². The summed E-state index contributed by atoms with van der Waals surface area (Å²) < 4.78 is 23.1. The molecule has 1 atom stereocenters. The average molecular weight is 349 g/mol. The molecule has 1 saturated heterocycles. The van der Waals surface area contributed by atoms with Crippen molar-refractivity contribution in [2.75, 3.05) is 24.3 Å². The number of amides is 1. The molecule has 1 amide bonds. The molecule has 0 aromatic heterocycles. The molecule has 0 bridgehead atoms. The molecule has 0 saturated carbocycles. The van der Waals surface area contributed by atoms with Crippen LogP contribution in [-0.4, -0.2) is 49.6 Å². The van der Waals surface area contributed by atoms with Crippen LogP contribution in [0.2, 0.25) is 0 Å². The van der Waals surface area contributed by atoms with Gasteiger partial charge in [-0.3, -0.25) is 4.79 Å². The SMILES string of the molecule is CN(C(=O)CSc1ccc2ccccc2c1)C1CCS(=O)(=O)C1. The molecule has 4 nitrogen and oxygen atoms in total. The van der Waals surface area contributed by atoms with Gasteiger partial charge in [-0.2, -0.15) is 0 Å². The second kappa shape index (κ2) is 6.53. The van der Waals surface area contributed by atoms with E-state index in [1.807, 2.05) is 18.2 Å². The van der Waals surface area contributed by atoms with Crippen molar-refractivity contribution in [2.45, 2.75) is 17.4 Å². The summed E-state index contributed by atoms with van der Waals surface area (Å²) in [6.45, 7) is 0.